The van der Waals surface area contributed by atoms with E-state index in [0.717, 1.165) is 17.7 Å². The summed E-state index contributed by atoms with van der Waals surface area (Å²) in [5.74, 6) is -0.427. The van der Waals surface area contributed by atoms with Gasteiger partial charge in [0.05, 0.1) is 18.4 Å². The number of methoxy groups -OCH3 is 1. The molecule has 2 aromatic carbocycles. The van der Waals surface area contributed by atoms with Gasteiger partial charge in [0.2, 0.25) is 5.95 Å². The van der Waals surface area contributed by atoms with Crippen LogP contribution in [0.1, 0.15) is 33.3 Å². The molecule has 0 saturated carbocycles. The molecule has 1 aliphatic rings. The smallest absolute Gasteiger partial charge is 0.339 e. The van der Waals surface area contributed by atoms with Gasteiger partial charge in [-0.15, -0.1) is 0 Å². The van der Waals surface area contributed by atoms with Crippen molar-refractivity contribution in [2.75, 3.05) is 17.3 Å². The Morgan fingerprint density at radius 3 is 2.69 bits per heavy atom. The zero-order valence-electron chi connectivity index (χ0n) is 16.1. The third-order valence-electron chi connectivity index (χ3n) is 4.88. The van der Waals surface area contributed by atoms with Crippen LogP contribution in [0.5, 0.6) is 0 Å². The number of anilines is 3. The first-order valence-electron chi connectivity index (χ1n) is 9.27. The average molecular weight is 388 g/mol. The lowest BCUT2D eigenvalue weighted by Crippen LogP contribution is -2.36. The van der Waals surface area contributed by atoms with Crippen LogP contribution in [0.2, 0.25) is 0 Å². The molecule has 1 unspecified atom stereocenters. The predicted molar refractivity (Wildman–Crippen MR) is 110 cm³/mol. The Kier molecular flexibility index (Phi) is 4.95. The second-order valence-corrected chi connectivity index (χ2v) is 6.78. The van der Waals surface area contributed by atoms with Crippen LogP contribution in [-0.4, -0.2) is 35.0 Å². The van der Waals surface area contributed by atoms with E-state index in [1.807, 2.05) is 31.2 Å². The maximum absolute atomic E-state index is 13.2. The molecule has 1 aliphatic heterocycles. The van der Waals surface area contributed by atoms with Crippen LogP contribution in [0, 0.1) is 0 Å². The zero-order valence-corrected chi connectivity index (χ0v) is 16.1. The van der Waals surface area contributed by atoms with Crippen LogP contribution in [0.25, 0.3) is 0 Å². The topological polar surface area (TPSA) is 84.4 Å². The third kappa shape index (κ3) is 3.54. The first kappa shape index (κ1) is 18.6. The molecular weight excluding hydrogens is 368 g/mol. The third-order valence-corrected chi connectivity index (χ3v) is 4.88. The number of carbonyl (C=O) groups excluding carboxylic acids is 2. The Balaban J connectivity index is 1.62. The van der Waals surface area contributed by atoms with Crippen LogP contribution in [0.4, 0.5) is 17.3 Å². The fourth-order valence-corrected chi connectivity index (χ4v) is 3.54. The molecule has 7 heteroatoms. The first-order chi connectivity index (χ1) is 14.1. The Morgan fingerprint density at radius 2 is 1.86 bits per heavy atom. The summed E-state index contributed by atoms with van der Waals surface area (Å²) in [6.45, 7) is 2.02. The molecule has 0 bridgehead atoms. The number of amides is 1. The standard InChI is InChI=1S/C22H20N4O3/c1-14-13-15-7-3-6-10-19(15)26(14)20(27)18-11-12-23-22(25-18)24-17-9-5-4-8-16(17)21(28)29-2/h3-12,14H,13H2,1-2H3,(H,23,24,25). The van der Waals surface area contributed by atoms with Crippen LogP contribution in [0.15, 0.2) is 60.8 Å². The Morgan fingerprint density at radius 1 is 1.10 bits per heavy atom. The van der Waals surface area contributed by atoms with Crippen molar-refractivity contribution in [3.05, 3.63) is 77.6 Å². The van der Waals surface area contributed by atoms with Gasteiger partial charge in [0.25, 0.3) is 5.91 Å². The lowest BCUT2D eigenvalue weighted by atomic mass is 10.1. The number of hydrogen-bond acceptors (Lipinski definition) is 6. The number of rotatable bonds is 4. The molecule has 146 valence electrons. The molecule has 1 atom stereocenters. The van der Waals surface area contributed by atoms with Crippen molar-refractivity contribution in [1.82, 2.24) is 9.97 Å². The van der Waals surface area contributed by atoms with Gasteiger partial charge in [0, 0.05) is 17.9 Å². The summed E-state index contributed by atoms with van der Waals surface area (Å²) in [4.78, 5) is 35.5. The highest BCUT2D eigenvalue weighted by Gasteiger charge is 2.32. The molecule has 2 heterocycles. The SMILES string of the molecule is COC(=O)c1ccccc1Nc1nccc(C(=O)N2c3ccccc3CC2C)n1. The fraction of sp³-hybridized carbons (Fsp3) is 0.182. The van der Waals surface area contributed by atoms with Crippen molar-refractivity contribution >= 4 is 29.2 Å². The van der Waals surface area contributed by atoms with Gasteiger partial charge in [0.15, 0.2) is 0 Å². The largest absolute Gasteiger partial charge is 0.465 e. The summed E-state index contributed by atoms with van der Waals surface area (Å²) < 4.78 is 4.81. The number of ether oxygens (including phenoxy) is 1. The van der Waals surface area contributed by atoms with Crippen molar-refractivity contribution < 1.29 is 14.3 Å². The molecule has 0 radical (unpaired) electrons. The van der Waals surface area contributed by atoms with E-state index < -0.39 is 5.97 Å². The molecule has 7 nitrogen and oxygen atoms in total. The second kappa shape index (κ2) is 7.71. The highest BCUT2D eigenvalue weighted by molar-refractivity contribution is 6.06. The number of hydrogen-bond donors (Lipinski definition) is 1. The number of benzene rings is 2. The summed E-state index contributed by atoms with van der Waals surface area (Å²) in [6, 6.07) is 16.4. The van der Waals surface area contributed by atoms with Gasteiger partial charge < -0.3 is 15.0 Å². The average Bonchev–Trinajstić information content (AvgIpc) is 3.09. The van der Waals surface area contributed by atoms with E-state index >= 15 is 0 Å². The zero-order chi connectivity index (χ0) is 20.4. The van der Waals surface area contributed by atoms with Gasteiger partial charge in [-0.05, 0) is 43.2 Å². The van der Waals surface area contributed by atoms with E-state index in [-0.39, 0.29) is 23.6 Å². The number of fused-ring (bicyclic) bond motifs is 1. The number of esters is 1. The second-order valence-electron chi connectivity index (χ2n) is 6.78. The van der Waals surface area contributed by atoms with E-state index in [1.54, 1.807) is 35.2 Å². The fourth-order valence-electron chi connectivity index (χ4n) is 3.54. The summed E-state index contributed by atoms with van der Waals surface area (Å²) in [6.07, 6.45) is 2.33. The van der Waals surface area contributed by atoms with Gasteiger partial charge in [-0.2, -0.15) is 0 Å². The van der Waals surface area contributed by atoms with E-state index in [9.17, 15) is 9.59 Å². The molecule has 3 aromatic rings. The monoisotopic (exact) mass is 388 g/mol. The summed E-state index contributed by atoms with van der Waals surface area (Å²) >= 11 is 0. The van der Waals surface area contributed by atoms with Crippen LogP contribution < -0.4 is 10.2 Å². The van der Waals surface area contributed by atoms with E-state index in [4.69, 9.17) is 4.74 Å². The van der Waals surface area contributed by atoms with Gasteiger partial charge >= 0.3 is 5.97 Å². The van der Waals surface area contributed by atoms with E-state index in [0.29, 0.717) is 11.3 Å². The maximum atomic E-state index is 13.2. The maximum Gasteiger partial charge on any atom is 0.339 e. The minimum atomic E-state index is -0.470. The molecular formula is C22H20N4O3. The molecule has 0 fully saturated rings. The molecule has 4 rings (SSSR count). The highest BCUT2D eigenvalue weighted by atomic mass is 16.5. The number of nitrogens with zero attached hydrogens (tertiary/aromatic N) is 3. The minimum absolute atomic E-state index is 0.0475. The van der Waals surface area contributed by atoms with Gasteiger partial charge in [-0.3, -0.25) is 4.79 Å². The molecule has 1 amide bonds. The summed E-state index contributed by atoms with van der Waals surface area (Å²) in [5.41, 5.74) is 3.20. The molecule has 1 aromatic heterocycles. The minimum Gasteiger partial charge on any atom is -0.465 e. The van der Waals surface area contributed by atoms with Crippen LogP contribution in [0.3, 0.4) is 0 Å². The van der Waals surface area contributed by atoms with Crippen molar-refractivity contribution in [2.45, 2.75) is 19.4 Å². The predicted octanol–water partition coefficient (Wildman–Crippen LogP) is 3.60. The van der Waals surface area contributed by atoms with Crippen molar-refractivity contribution in [1.29, 1.82) is 0 Å². The van der Waals surface area contributed by atoms with Crippen molar-refractivity contribution in [2.24, 2.45) is 0 Å². The van der Waals surface area contributed by atoms with Gasteiger partial charge in [-0.25, -0.2) is 14.8 Å². The van der Waals surface area contributed by atoms with E-state index in [1.165, 1.54) is 13.3 Å². The van der Waals surface area contributed by atoms with Crippen LogP contribution >= 0.6 is 0 Å². The summed E-state index contributed by atoms with van der Waals surface area (Å²) in [5, 5.41) is 3.01. The first-order valence-corrected chi connectivity index (χ1v) is 9.27. The van der Waals surface area contributed by atoms with Gasteiger partial charge in [-0.1, -0.05) is 30.3 Å². The molecule has 0 saturated heterocycles. The molecule has 29 heavy (non-hydrogen) atoms. The Bertz CT molecular complexity index is 1080. The Labute approximate surface area is 168 Å². The number of aromatic nitrogens is 2. The van der Waals surface area contributed by atoms with Crippen LogP contribution in [-0.2, 0) is 11.2 Å². The summed E-state index contributed by atoms with van der Waals surface area (Å²) in [7, 11) is 1.32. The quantitative estimate of drug-likeness (QED) is 0.688. The number of carbonyl (C=O) groups is 2. The molecule has 1 N–H and O–H groups in total. The number of nitrogens with one attached hydrogen (secondary N) is 1. The lowest BCUT2D eigenvalue weighted by molar-refractivity contribution is 0.0601. The number of para-hydroxylation sites is 2. The Hall–Kier alpha value is -3.74. The molecule has 0 spiro atoms. The van der Waals surface area contributed by atoms with Gasteiger partial charge in [0.1, 0.15) is 5.69 Å². The lowest BCUT2D eigenvalue weighted by Gasteiger charge is -2.22. The van der Waals surface area contributed by atoms with E-state index in [2.05, 4.69) is 15.3 Å². The normalized spacial score (nSPS) is 15.0. The van der Waals surface area contributed by atoms with Crippen molar-refractivity contribution in [3.63, 3.8) is 0 Å². The molecule has 0 aliphatic carbocycles. The van der Waals surface area contributed by atoms with Crippen molar-refractivity contribution in [3.8, 4) is 0 Å². The highest BCUT2D eigenvalue weighted by Crippen LogP contribution is 2.33.